The Hall–Kier alpha value is -2.81. The van der Waals surface area contributed by atoms with Gasteiger partial charge < -0.3 is 9.84 Å². The topological polar surface area (TPSA) is 46.5 Å². The van der Waals surface area contributed by atoms with Crippen molar-refractivity contribution in [2.24, 2.45) is 0 Å². The van der Waals surface area contributed by atoms with Gasteiger partial charge in [-0.15, -0.1) is 52.6 Å². The molecule has 3 nitrogen and oxygen atoms in total. The van der Waals surface area contributed by atoms with Crippen molar-refractivity contribution in [2.45, 2.75) is 21.8 Å². The number of methoxy groups -OCH3 is 1. The summed E-state index contributed by atoms with van der Waals surface area (Å²) in [6, 6.07) is 3.95. The molecule has 0 aliphatic rings. The molecular formula is C21H38O3. The summed E-state index contributed by atoms with van der Waals surface area (Å²) in [6.07, 6.45) is 0. The molecule has 1 aromatic carbocycles. The van der Waals surface area contributed by atoms with Crippen LogP contribution in [0, 0.1) is 6.92 Å². The highest BCUT2D eigenvalue weighted by Gasteiger charge is 1.93. The monoisotopic (exact) mass is 338 g/mol. The zero-order valence-corrected chi connectivity index (χ0v) is 14.1. The molecule has 0 unspecified atom stereocenters. The largest absolute Gasteiger partial charge is 0.496 e. The second kappa shape index (κ2) is 42.7. The van der Waals surface area contributed by atoms with Crippen LogP contribution in [0.4, 0.5) is 0 Å². The van der Waals surface area contributed by atoms with Crippen LogP contribution < -0.4 is 15.2 Å². The van der Waals surface area contributed by atoms with Gasteiger partial charge in [0.15, 0.2) is 0 Å². The number of hydrogen-bond acceptors (Lipinski definition) is 2. The van der Waals surface area contributed by atoms with Gasteiger partial charge in [0.25, 0.3) is 6.47 Å². The molecule has 1 N–H and O–H groups in total. The van der Waals surface area contributed by atoms with Crippen LogP contribution in [0.5, 0.6) is 5.75 Å². The van der Waals surface area contributed by atoms with Crippen LogP contribution in [0.15, 0.2) is 64.8 Å². The first-order valence-corrected chi connectivity index (χ1v) is 5.97. The first-order chi connectivity index (χ1) is 10.6. The Morgan fingerprint density at radius 1 is 0.917 bits per heavy atom. The van der Waals surface area contributed by atoms with E-state index in [4.69, 9.17) is 14.6 Å². The van der Waals surface area contributed by atoms with Crippen molar-refractivity contribution in [1.82, 2.24) is 0 Å². The van der Waals surface area contributed by atoms with Gasteiger partial charge in [0.1, 0.15) is 5.75 Å². The fourth-order valence-electron chi connectivity index (χ4n) is 1.04. The predicted octanol–water partition coefficient (Wildman–Crippen LogP) is 5.01. The van der Waals surface area contributed by atoms with E-state index in [1.54, 1.807) is 7.11 Å². The molecule has 0 radical (unpaired) electrons. The lowest BCUT2D eigenvalue weighted by molar-refractivity contribution is -0.122. The van der Waals surface area contributed by atoms with E-state index in [1.165, 1.54) is 0 Å². The Kier molecular flexibility index (Phi) is 76.4. The lowest BCUT2D eigenvalue weighted by atomic mass is 10.2. The minimum atomic E-state index is -0.250. The number of aryl methyl sites for hydroxylation is 1. The minimum absolute atomic E-state index is 0. The van der Waals surface area contributed by atoms with Crippen molar-refractivity contribution in [3.63, 3.8) is 0 Å². The molecule has 1 aromatic rings. The van der Waals surface area contributed by atoms with Crippen LogP contribution in [0.2, 0.25) is 0 Å². The van der Waals surface area contributed by atoms with Gasteiger partial charge in [-0.05, 0) is 23.8 Å². The smallest absolute Gasteiger partial charge is 0.290 e. The highest BCUT2D eigenvalue weighted by atomic mass is 16.5. The molecule has 140 valence electrons. The summed E-state index contributed by atoms with van der Waals surface area (Å²) in [7, 11) is 1.64. The summed E-state index contributed by atoms with van der Waals surface area (Å²) < 4.78 is 5.10. The molecule has 0 aliphatic heterocycles. The van der Waals surface area contributed by atoms with Crippen LogP contribution in [0.3, 0.4) is 0 Å². The zero-order chi connectivity index (χ0) is 19.1. The Morgan fingerprint density at radius 3 is 1.46 bits per heavy atom. The van der Waals surface area contributed by atoms with Crippen molar-refractivity contribution >= 4 is 19.6 Å². The summed E-state index contributed by atoms with van der Waals surface area (Å²) in [6.45, 7) is 33.5. The molecule has 0 saturated heterocycles. The first-order valence-electron chi connectivity index (χ1n) is 5.97. The number of ether oxygens (including phenoxy) is 1. The second-order valence-electron chi connectivity index (χ2n) is 2.71. The SMILES string of the molecule is C.C.C=C.C=C.C=C.C=C.C=c1cc(C)cc(OC)c1=C.O=CO. The highest BCUT2D eigenvalue weighted by Crippen LogP contribution is 2.01. The summed E-state index contributed by atoms with van der Waals surface area (Å²) in [4.78, 5) is 8.36. The number of rotatable bonds is 1. The number of benzene rings is 1. The van der Waals surface area contributed by atoms with E-state index in [9.17, 15) is 0 Å². The third-order valence-corrected chi connectivity index (χ3v) is 1.67. The molecular weight excluding hydrogens is 300 g/mol. The van der Waals surface area contributed by atoms with Crippen molar-refractivity contribution < 1.29 is 14.6 Å². The molecule has 1 rings (SSSR count). The van der Waals surface area contributed by atoms with Gasteiger partial charge in [0.2, 0.25) is 0 Å². The van der Waals surface area contributed by atoms with Gasteiger partial charge in [-0.1, -0.05) is 34.1 Å². The van der Waals surface area contributed by atoms with Crippen molar-refractivity contribution in [2.75, 3.05) is 7.11 Å². The number of hydrogen-bond donors (Lipinski definition) is 1. The van der Waals surface area contributed by atoms with Crippen LogP contribution >= 0.6 is 0 Å². The first kappa shape index (κ1) is 42.9. The number of carboxylic acid groups (broad SMARTS) is 1. The lowest BCUT2D eigenvalue weighted by Crippen LogP contribution is -2.23. The lowest BCUT2D eigenvalue weighted by Gasteiger charge is -2.01. The van der Waals surface area contributed by atoms with E-state index >= 15 is 0 Å². The fraction of sp³-hybridized carbons (Fsp3) is 0.190. The quantitative estimate of drug-likeness (QED) is 0.578. The Morgan fingerprint density at radius 2 is 1.21 bits per heavy atom. The van der Waals surface area contributed by atoms with E-state index in [0.29, 0.717) is 0 Å². The van der Waals surface area contributed by atoms with E-state index in [2.05, 4.69) is 65.8 Å². The minimum Gasteiger partial charge on any atom is -0.496 e. The molecule has 0 saturated carbocycles. The molecule has 0 aromatic heterocycles. The predicted molar refractivity (Wildman–Crippen MR) is 115 cm³/mol. The Bertz CT molecular complexity index is 445. The molecule has 0 bridgehead atoms. The van der Waals surface area contributed by atoms with Gasteiger partial charge in [0, 0.05) is 5.22 Å². The van der Waals surface area contributed by atoms with Crippen molar-refractivity contribution in [1.29, 1.82) is 0 Å². The van der Waals surface area contributed by atoms with E-state index in [1.807, 2.05) is 19.1 Å². The maximum Gasteiger partial charge on any atom is 0.290 e. The molecule has 0 spiro atoms. The summed E-state index contributed by atoms with van der Waals surface area (Å²) in [5.41, 5.74) is 1.15. The van der Waals surface area contributed by atoms with Gasteiger partial charge in [-0.2, -0.15) is 0 Å². The maximum atomic E-state index is 8.36. The van der Waals surface area contributed by atoms with Crippen LogP contribution in [0.25, 0.3) is 13.2 Å². The van der Waals surface area contributed by atoms with Crippen LogP contribution in [0.1, 0.15) is 20.4 Å². The highest BCUT2D eigenvalue weighted by molar-refractivity contribution is 5.34. The maximum absolute atomic E-state index is 8.36. The normalized spacial score (nSPS) is 5.58. The van der Waals surface area contributed by atoms with Gasteiger partial charge in [-0.3, -0.25) is 4.79 Å². The van der Waals surface area contributed by atoms with Gasteiger partial charge in [0.05, 0.1) is 7.11 Å². The standard InChI is InChI=1S/C10H12O.4C2H4.CH2O2.2CH4/c1-7-5-8(2)9(3)10(6-7)11-4;4*1-2;2-1-3;;/h5-6H,2-3H2,1,4H3;4*1-2H2;1H,(H,2,3);2*1H4. The summed E-state index contributed by atoms with van der Waals surface area (Å²) in [5, 5.41) is 8.69. The third-order valence-electron chi connectivity index (χ3n) is 1.67. The Balaban J connectivity index is -0.0000000382. The van der Waals surface area contributed by atoms with Crippen LogP contribution in [-0.4, -0.2) is 18.7 Å². The van der Waals surface area contributed by atoms with Crippen molar-refractivity contribution in [3.8, 4) is 5.75 Å². The van der Waals surface area contributed by atoms with Gasteiger partial charge in [-0.25, -0.2) is 0 Å². The molecule has 0 amide bonds. The summed E-state index contributed by atoms with van der Waals surface area (Å²) >= 11 is 0. The Labute approximate surface area is 150 Å². The molecule has 3 heteroatoms. The van der Waals surface area contributed by atoms with E-state index < -0.39 is 0 Å². The third kappa shape index (κ3) is 27.5. The summed E-state index contributed by atoms with van der Waals surface area (Å²) in [5.74, 6) is 0.815. The average molecular weight is 339 g/mol. The average Bonchev–Trinajstić information content (AvgIpc) is 2.59. The van der Waals surface area contributed by atoms with E-state index in [-0.39, 0.29) is 21.3 Å². The molecule has 24 heavy (non-hydrogen) atoms. The van der Waals surface area contributed by atoms with Crippen LogP contribution in [-0.2, 0) is 4.79 Å². The van der Waals surface area contributed by atoms with Gasteiger partial charge >= 0.3 is 0 Å². The molecule has 0 aliphatic carbocycles. The second-order valence-corrected chi connectivity index (χ2v) is 2.71. The van der Waals surface area contributed by atoms with Crippen molar-refractivity contribution in [3.05, 3.63) is 80.8 Å². The molecule has 0 fully saturated rings. The molecule has 0 heterocycles. The zero-order valence-electron chi connectivity index (χ0n) is 14.1. The van der Waals surface area contributed by atoms with E-state index in [0.717, 1.165) is 21.8 Å². The number of carbonyl (C=O) groups is 1. The molecule has 0 atom stereocenters. The fourth-order valence-corrected chi connectivity index (χ4v) is 1.04.